The molecule has 2 rings (SSSR count). The van der Waals surface area contributed by atoms with Crippen LogP contribution >= 0.6 is 11.6 Å². The smallest absolute Gasteiger partial charge is 0.138 e. The summed E-state index contributed by atoms with van der Waals surface area (Å²) in [4.78, 5) is 8.37. The molecule has 2 aromatic rings. The fourth-order valence-corrected chi connectivity index (χ4v) is 2.47. The number of hydrogen-bond acceptors (Lipinski definition) is 4. The molecule has 108 valence electrons. The maximum atomic E-state index is 6.16. The van der Waals surface area contributed by atoms with E-state index in [-0.39, 0.29) is 12.0 Å². The Morgan fingerprint density at radius 2 is 2.10 bits per heavy atom. The third-order valence-corrected chi connectivity index (χ3v) is 3.50. The van der Waals surface area contributed by atoms with Gasteiger partial charge in [-0.25, -0.2) is 9.97 Å². The molecular formula is C15H20ClN3O. The molecule has 0 aliphatic rings. The van der Waals surface area contributed by atoms with Crippen molar-refractivity contribution in [2.45, 2.75) is 45.6 Å². The van der Waals surface area contributed by atoms with Crippen LogP contribution in [0.3, 0.4) is 0 Å². The van der Waals surface area contributed by atoms with Crippen molar-refractivity contribution in [2.75, 3.05) is 5.32 Å². The van der Waals surface area contributed by atoms with E-state index in [1.54, 1.807) is 6.26 Å². The van der Waals surface area contributed by atoms with E-state index in [9.17, 15) is 0 Å². The number of rotatable bonds is 6. The van der Waals surface area contributed by atoms with E-state index in [4.69, 9.17) is 16.0 Å². The van der Waals surface area contributed by atoms with Crippen molar-refractivity contribution in [3.8, 4) is 0 Å². The van der Waals surface area contributed by atoms with Crippen molar-refractivity contribution in [1.82, 2.24) is 9.97 Å². The van der Waals surface area contributed by atoms with Crippen LogP contribution in [0, 0.1) is 0 Å². The van der Waals surface area contributed by atoms with Gasteiger partial charge in [-0.15, -0.1) is 0 Å². The fraction of sp³-hybridized carbons (Fsp3) is 0.467. The van der Waals surface area contributed by atoms with Gasteiger partial charge in [0.15, 0.2) is 0 Å². The summed E-state index contributed by atoms with van der Waals surface area (Å²) in [5, 5.41) is 3.94. The number of halogens is 1. The van der Waals surface area contributed by atoms with Crippen molar-refractivity contribution in [3.63, 3.8) is 0 Å². The molecule has 0 bridgehead atoms. The van der Waals surface area contributed by atoms with Crippen molar-refractivity contribution in [3.05, 3.63) is 41.2 Å². The highest BCUT2D eigenvalue weighted by atomic mass is 35.5. The molecule has 1 N–H and O–H groups in total. The summed E-state index contributed by atoms with van der Waals surface area (Å²) in [5.41, 5.74) is 0.971. The van der Waals surface area contributed by atoms with Gasteiger partial charge in [-0.05, 0) is 31.4 Å². The van der Waals surface area contributed by atoms with Gasteiger partial charge < -0.3 is 9.73 Å². The van der Waals surface area contributed by atoms with Gasteiger partial charge in [0.25, 0.3) is 0 Å². The molecule has 2 aromatic heterocycles. The predicted molar refractivity (Wildman–Crippen MR) is 81.2 cm³/mol. The van der Waals surface area contributed by atoms with Gasteiger partial charge in [0, 0.05) is 18.0 Å². The molecule has 20 heavy (non-hydrogen) atoms. The molecule has 0 fully saturated rings. The van der Waals surface area contributed by atoms with Crippen LogP contribution in [-0.2, 0) is 6.42 Å². The van der Waals surface area contributed by atoms with Crippen LogP contribution in [0.5, 0.6) is 0 Å². The first kappa shape index (κ1) is 14.9. The van der Waals surface area contributed by atoms with E-state index in [2.05, 4.69) is 36.1 Å². The van der Waals surface area contributed by atoms with Crippen LogP contribution in [-0.4, -0.2) is 16.0 Å². The Morgan fingerprint density at radius 1 is 1.30 bits per heavy atom. The molecule has 4 nitrogen and oxygen atoms in total. The minimum absolute atomic E-state index is 0.281. The Bertz CT molecular complexity index is 540. The van der Waals surface area contributed by atoms with Gasteiger partial charge >= 0.3 is 0 Å². The normalized spacial score (nSPS) is 12.7. The molecule has 2 heterocycles. The first-order valence-electron chi connectivity index (χ1n) is 6.87. The maximum absolute atomic E-state index is 6.16. The van der Waals surface area contributed by atoms with E-state index < -0.39 is 0 Å². The van der Waals surface area contributed by atoms with Crippen LogP contribution in [0.25, 0.3) is 0 Å². The second-order valence-corrected chi connectivity index (χ2v) is 5.60. The van der Waals surface area contributed by atoms with Gasteiger partial charge in [0.1, 0.15) is 23.1 Å². The molecule has 0 saturated carbocycles. The maximum Gasteiger partial charge on any atom is 0.138 e. The predicted octanol–water partition coefficient (Wildman–Crippen LogP) is 4.28. The van der Waals surface area contributed by atoms with Crippen molar-refractivity contribution >= 4 is 17.4 Å². The van der Waals surface area contributed by atoms with Gasteiger partial charge in [0.2, 0.25) is 0 Å². The second-order valence-electron chi connectivity index (χ2n) is 5.24. The van der Waals surface area contributed by atoms with Crippen LogP contribution in [0.4, 0.5) is 5.82 Å². The summed E-state index contributed by atoms with van der Waals surface area (Å²) in [7, 11) is 0. The van der Waals surface area contributed by atoms with Crippen LogP contribution < -0.4 is 5.32 Å². The molecule has 0 aliphatic heterocycles. The highest BCUT2D eigenvalue weighted by molar-refractivity contribution is 6.30. The molecule has 0 aliphatic carbocycles. The number of nitrogens with zero attached hydrogens (tertiary/aromatic N) is 2. The molecular weight excluding hydrogens is 274 g/mol. The lowest BCUT2D eigenvalue weighted by molar-refractivity contribution is 0.494. The lowest BCUT2D eigenvalue weighted by Crippen LogP contribution is -2.18. The van der Waals surface area contributed by atoms with Gasteiger partial charge in [-0.2, -0.15) is 0 Å². The number of anilines is 1. The quantitative estimate of drug-likeness (QED) is 0.808. The van der Waals surface area contributed by atoms with Gasteiger partial charge in [-0.1, -0.05) is 25.4 Å². The SMILES string of the molecule is CC(CCc1ccco1)Nc1ncnc(Cl)c1C(C)C. The first-order valence-corrected chi connectivity index (χ1v) is 7.25. The number of hydrogen-bond donors (Lipinski definition) is 1. The van der Waals surface area contributed by atoms with Crippen molar-refractivity contribution in [1.29, 1.82) is 0 Å². The second kappa shape index (κ2) is 6.75. The zero-order chi connectivity index (χ0) is 14.5. The highest BCUT2D eigenvalue weighted by Gasteiger charge is 2.15. The fourth-order valence-electron chi connectivity index (χ4n) is 2.12. The van der Waals surface area contributed by atoms with Crippen LogP contribution in [0.15, 0.2) is 29.1 Å². The lowest BCUT2D eigenvalue weighted by atomic mass is 10.1. The number of aromatic nitrogens is 2. The Hall–Kier alpha value is -1.55. The summed E-state index contributed by atoms with van der Waals surface area (Å²) in [6.07, 6.45) is 5.06. The Labute approximate surface area is 124 Å². The minimum Gasteiger partial charge on any atom is -0.469 e. The zero-order valence-corrected chi connectivity index (χ0v) is 12.8. The van der Waals surface area contributed by atoms with Gasteiger partial charge in [-0.3, -0.25) is 0 Å². The Kier molecular flexibility index (Phi) is 5.01. The number of aryl methyl sites for hydroxylation is 1. The van der Waals surface area contributed by atoms with Crippen molar-refractivity contribution in [2.24, 2.45) is 0 Å². The molecule has 0 radical (unpaired) electrons. The third-order valence-electron chi connectivity index (χ3n) is 3.20. The summed E-state index contributed by atoms with van der Waals surface area (Å²) in [5.74, 6) is 2.11. The number of furan rings is 1. The van der Waals surface area contributed by atoms with E-state index in [1.807, 2.05) is 12.1 Å². The highest BCUT2D eigenvalue weighted by Crippen LogP contribution is 2.28. The van der Waals surface area contributed by atoms with Gasteiger partial charge in [0.05, 0.1) is 6.26 Å². The zero-order valence-electron chi connectivity index (χ0n) is 12.1. The van der Waals surface area contributed by atoms with Crippen molar-refractivity contribution < 1.29 is 4.42 Å². The minimum atomic E-state index is 0.281. The molecule has 0 aromatic carbocycles. The molecule has 1 unspecified atom stereocenters. The standard InChI is InChI=1S/C15H20ClN3O/c1-10(2)13-14(16)17-9-18-15(13)19-11(3)6-7-12-5-4-8-20-12/h4-5,8-11H,6-7H2,1-3H3,(H,17,18,19). The van der Waals surface area contributed by atoms with Crippen LogP contribution in [0.1, 0.15) is 44.4 Å². The Balaban J connectivity index is 2.00. The average molecular weight is 294 g/mol. The lowest BCUT2D eigenvalue weighted by Gasteiger charge is -2.18. The molecule has 0 spiro atoms. The summed E-state index contributed by atoms with van der Waals surface area (Å²) >= 11 is 6.16. The summed E-state index contributed by atoms with van der Waals surface area (Å²) < 4.78 is 5.34. The van der Waals surface area contributed by atoms with E-state index in [1.165, 1.54) is 6.33 Å². The molecule has 1 atom stereocenters. The third kappa shape index (κ3) is 3.73. The summed E-state index contributed by atoms with van der Waals surface area (Å²) in [6.45, 7) is 6.30. The van der Waals surface area contributed by atoms with E-state index in [0.29, 0.717) is 5.15 Å². The summed E-state index contributed by atoms with van der Waals surface area (Å²) in [6, 6.07) is 4.19. The topological polar surface area (TPSA) is 51.0 Å². The molecule has 0 amide bonds. The van der Waals surface area contributed by atoms with Crippen LogP contribution in [0.2, 0.25) is 5.15 Å². The largest absolute Gasteiger partial charge is 0.469 e. The average Bonchev–Trinajstić information content (AvgIpc) is 2.89. The number of nitrogens with one attached hydrogen (secondary N) is 1. The van der Waals surface area contributed by atoms with E-state index >= 15 is 0 Å². The first-order chi connectivity index (χ1) is 9.58. The molecule has 0 saturated heterocycles. The molecule has 5 heteroatoms. The Morgan fingerprint density at radius 3 is 2.75 bits per heavy atom. The monoisotopic (exact) mass is 293 g/mol. The van der Waals surface area contributed by atoms with E-state index in [0.717, 1.165) is 30.0 Å².